The minimum absolute atomic E-state index is 0.00330. The third kappa shape index (κ3) is 15.1. The summed E-state index contributed by atoms with van der Waals surface area (Å²) in [7, 11) is 1.22. The molecule has 1 rings (SSSR count). The largest absolute Gasteiger partial charge is 0.469 e. The predicted octanol–water partition coefficient (Wildman–Crippen LogP) is -0.178. The van der Waals surface area contributed by atoms with E-state index in [1.165, 1.54) is 7.11 Å². The maximum atomic E-state index is 12.8. The lowest BCUT2D eigenvalue weighted by atomic mass is 9.85. The minimum atomic E-state index is -0.951. The monoisotopic (exact) mass is 592 g/mol. The molecule has 230 valence electrons. The molecule has 0 aromatic carbocycles. The summed E-state index contributed by atoms with van der Waals surface area (Å²) in [6.45, 7) is 5.60. The molecule has 1 fully saturated rings. The zero-order valence-electron chi connectivity index (χ0n) is 23.7. The average Bonchev–Trinajstić information content (AvgIpc) is 2.85. The maximum Gasteiger partial charge on any atom is 0.305 e. The highest BCUT2D eigenvalue weighted by molar-refractivity contribution is 8.13. The Morgan fingerprint density at radius 1 is 1.00 bits per heavy atom. The van der Waals surface area contributed by atoms with Crippen molar-refractivity contribution in [3.05, 3.63) is 0 Å². The molecule has 0 saturated carbocycles. The summed E-state index contributed by atoms with van der Waals surface area (Å²) in [6.07, 6.45) is -4.49. The smallest absolute Gasteiger partial charge is 0.305 e. The number of carbonyl (C=O) groups is 5. The van der Waals surface area contributed by atoms with Gasteiger partial charge in [0.15, 0.2) is 11.4 Å². The van der Waals surface area contributed by atoms with Crippen LogP contribution in [0.3, 0.4) is 0 Å². The first-order chi connectivity index (χ1) is 18.7. The van der Waals surface area contributed by atoms with E-state index in [4.69, 9.17) is 9.47 Å². The molecular formula is C26H44N2O11S. The molecule has 5 N–H and O–H groups in total. The van der Waals surface area contributed by atoms with Crippen molar-refractivity contribution in [1.29, 1.82) is 0 Å². The first-order valence-electron chi connectivity index (χ1n) is 13.3. The van der Waals surface area contributed by atoms with Crippen LogP contribution in [0, 0.1) is 5.41 Å². The van der Waals surface area contributed by atoms with E-state index in [0.29, 0.717) is 0 Å². The lowest BCUT2D eigenvalue weighted by Gasteiger charge is -2.41. The molecule has 1 aliphatic rings. The van der Waals surface area contributed by atoms with Crippen LogP contribution in [0.15, 0.2) is 0 Å². The van der Waals surface area contributed by atoms with E-state index in [0.717, 1.165) is 11.8 Å². The van der Waals surface area contributed by atoms with Gasteiger partial charge in [0.2, 0.25) is 11.8 Å². The van der Waals surface area contributed by atoms with Crippen molar-refractivity contribution in [3.8, 4) is 0 Å². The van der Waals surface area contributed by atoms with Gasteiger partial charge >= 0.3 is 5.97 Å². The lowest BCUT2D eigenvalue weighted by Crippen LogP contribution is -2.54. The van der Waals surface area contributed by atoms with Crippen LogP contribution >= 0.6 is 11.8 Å². The van der Waals surface area contributed by atoms with E-state index in [1.807, 2.05) is 0 Å². The number of ketones is 1. The van der Waals surface area contributed by atoms with Crippen LogP contribution in [0.5, 0.6) is 0 Å². The van der Waals surface area contributed by atoms with Crippen LogP contribution in [0.4, 0.5) is 0 Å². The fourth-order valence-electron chi connectivity index (χ4n) is 3.90. The number of hydrogen-bond acceptors (Lipinski definition) is 12. The highest BCUT2D eigenvalue weighted by atomic mass is 32.2. The SMILES string of the molecule is COC(=O)CCC(=O)CC(=O)SCCNC(=O)CCNC(=O)[C@@H]1OC(CC(O)CC(O)CC(C)O)OCC1(C)C. The van der Waals surface area contributed by atoms with Gasteiger partial charge in [-0.25, -0.2) is 0 Å². The fourth-order valence-corrected chi connectivity index (χ4v) is 4.60. The standard InChI is InChI=1S/C26H44N2O11S/c1-16(29)11-18(31)12-19(32)14-23-38-15-26(2,3)24(39-23)25(36)28-8-7-20(33)27-9-10-40-22(35)13-17(30)5-6-21(34)37-4/h16,18-19,23-24,29,31-32H,5-15H2,1-4H3,(H,27,33)(H,28,36)/t16?,18?,19?,23?,24-/m0/s1. The third-order valence-electron chi connectivity index (χ3n) is 6.01. The number of aliphatic hydroxyl groups excluding tert-OH is 3. The summed E-state index contributed by atoms with van der Waals surface area (Å²) >= 11 is 0.912. The second-order valence-electron chi connectivity index (χ2n) is 10.5. The molecule has 1 aliphatic heterocycles. The van der Waals surface area contributed by atoms with E-state index < -0.39 is 48.0 Å². The highest BCUT2D eigenvalue weighted by Crippen LogP contribution is 2.32. The summed E-state index contributed by atoms with van der Waals surface area (Å²) in [5, 5.41) is 34.5. The Balaban J connectivity index is 2.32. The number of aliphatic hydroxyl groups is 3. The fraction of sp³-hybridized carbons (Fsp3) is 0.808. The maximum absolute atomic E-state index is 12.8. The van der Waals surface area contributed by atoms with E-state index in [-0.39, 0.29) is 87.2 Å². The van der Waals surface area contributed by atoms with Crippen molar-refractivity contribution in [3.63, 3.8) is 0 Å². The second-order valence-corrected chi connectivity index (χ2v) is 11.7. The molecule has 0 aliphatic carbocycles. The molecule has 0 radical (unpaired) electrons. The number of Topliss-reactive ketones (excluding diaryl/α,β-unsaturated/α-hetero) is 1. The summed E-state index contributed by atoms with van der Waals surface area (Å²) in [5.41, 5.74) is -0.663. The van der Waals surface area contributed by atoms with Gasteiger partial charge in [-0.05, 0) is 19.8 Å². The number of nitrogens with one attached hydrogen (secondary N) is 2. The van der Waals surface area contributed by atoms with E-state index >= 15 is 0 Å². The minimum Gasteiger partial charge on any atom is -0.469 e. The van der Waals surface area contributed by atoms with E-state index in [1.54, 1.807) is 20.8 Å². The van der Waals surface area contributed by atoms with Crippen molar-refractivity contribution < 1.29 is 53.5 Å². The quantitative estimate of drug-likeness (QED) is 0.0801. The van der Waals surface area contributed by atoms with E-state index in [2.05, 4.69) is 15.4 Å². The topological polar surface area (TPSA) is 198 Å². The van der Waals surface area contributed by atoms with Crippen molar-refractivity contribution in [2.24, 2.45) is 5.41 Å². The first-order valence-corrected chi connectivity index (χ1v) is 14.3. The van der Waals surface area contributed by atoms with Crippen LogP contribution in [-0.4, -0.2) is 107 Å². The summed E-state index contributed by atoms with van der Waals surface area (Å²) in [4.78, 5) is 59.5. The molecule has 5 atom stereocenters. The molecule has 0 bridgehead atoms. The Morgan fingerprint density at radius 2 is 1.70 bits per heavy atom. The third-order valence-corrected chi connectivity index (χ3v) is 6.89. The average molecular weight is 593 g/mol. The highest BCUT2D eigenvalue weighted by Gasteiger charge is 2.43. The van der Waals surface area contributed by atoms with Gasteiger partial charge < -0.3 is 40.2 Å². The second kappa shape index (κ2) is 18.4. The van der Waals surface area contributed by atoms with Crippen molar-refractivity contribution >= 4 is 40.4 Å². The zero-order chi connectivity index (χ0) is 30.3. The number of hydrogen-bond donors (Lipinski definition) is 5. The van der Waals surface area contributed by atoms with Crippen LogP contribution < -0.4 is 10.6 Å². The molecule has 4 unspecified atom stereocenters. The molecule has 40 heavy (non-hydrogen) atoms. The normalized spacial score (nSPS) is 20.6. The van der Waals surface area contributed by atoms with E-state index in [9.17, 15) is 39.3 Å². The van der Waals surface area contributed by atoms with Gasteiger partial charge in [-0.2, -0.15) is 0 Å². The molecule has 0 aromatic heterocycles. The van der Waals surface area contributed by atoms with Gasteiger partial charge in [-0.1, -0.05) is 25.6 Å². The Hall–Kier alpha value is -2.10. The number of ether oxygens (including phenoxy) is 3. The summed E-state index contributed by atoms with van der Waals surface area (Å²) < 4.78 is 15.9. The first kappa shape index (κ1) is 35.9. The number of esters is 1. The van der Waals surface area contributed by atoms with Gasteiger partial charge in [-0.3, -0.25) is 24.0 Å². The predicted molar refractivity (Wildman–Crippen MR) is 145 cm³/mol. The van der Waals surface area contributed by atoms with Crippen LogP contribution in [0.25, 0.3) is 0 Å². The van der Waals surface area contributed by atoms with Gasteiger partial charge in [0.05, 0.1) is 44.9 Å². The molecule has 14 heteroatoms. The Kier molecular flexibility index (Phi) is 16.5. The Labute approximate surface area is 239 Å². The van der Waals surface area contributed by atoms with Crippen molar-refractivity contribution in [2.45, 2.75) is 96.4 Å². The van der Waals surface area contributed by atoms with Crippen molar-refractivity contribution in [2.75, 3.05) is 32.6 Å². The molecule has 1 saturated heterocycles. The summed E-state index contributed by atoms with van der Waals surface area (Å²) in [5.74, 6) is -1.35. The molecular weight excluding hydrogens is 548 g/mol. The molecule has 13 nitrogen and oxygen atoms in total. The number of carbonyl (C=O) groups excluding carboxylic acids is 5. The van der Waals surface area contributed by atoms with Gasteiger partial charge in [-0.15, -0.1) is 0 Å². The molecule has 0 spiro atoms. The summed E-state index contributed by atoms with van der Waals surface area (Å²) in [6, 6.07) is 0. The van der Waals surface area contributed by atoms with Gasteiger partial charge in [0.25, 0.3) is 0 Å². The number of amides is 2. The number of methoxy groups -OCH3 is 1. The van der Waals surface area contributed by atoms with Gasteiger partial charge in [0.1, 0.15) is 11.9 Å². The lowest BCUT2D eigenvalue weighted by molar-refractivity contribution is -0.261. The van der Waals surface area contributed by atoms with Crippen LogP contribution in [0.2, 0.25) is 0 Å². The van der Waals surface area contributed by atoms with Crippen molar-refractivity contribution in [1.82, 2.24) is 10.6 Å². The zero-order valence-corrected chi connectivity index (χ0v) is 24.5. The van der Waals surface area contributed by atoms with Crippen LogP contribution in [-0.2, 0) is 38.2 Å². The Morgan fingerprint density at radius 3 is 2.35 bits per heavy atom. The number of thioether (sulfide) groups is 1. The molecule has 2 amide bonds. The Bertz CT molecular complexity index is 853. The molecule has 0 aromatic rings. The molecule has 1 heterocycles. The number of rotatable bonds is 18. The van der Waals surface area contributed by atoms with Crippen LogP contribution in [0.1, 0.15) is 65.7 Å². The van der Waals surface area contributed by atoms with Gasteiger partial charge in [0, 0.05) is 43.5 Å².